The summed E-state index contributed by atoms with van der Waals surface area (Å²) in [5.74, 6) is 0.476. The van der Waals surface area contributed by atoms with Crippen LogP contribution in [0.25, 0.3) is 0 Å². The zero-order chi connectivity index (χ0) is 17.7. The van der Waals surface area contributed by atoms with Gasteiger partial charge in [-0.3, -0.25) is 14.5 Å². The number of nitrogens with zero attached hydrogens (tertiary/aromatic N) is 1. The van der Waals surface area contributed by atoms with Crippen molar-refractivity contribution in [3.8, 4) is 0 Å². The third-order valence-electron chi connectivity index (χ3n) is 6.78. The Morgan fingerprint density at radius 3 is 2.58 bits per heavy atom. The van der Waals surface area contributed by atoms with E-state index in [0.717, 1.165) is 32.1 Å². The molecule has 3 aliphatic rings. The molecule has 1 spiro atoms. The van der Waals surface area contributed by atoms with Gasteiger partial charge in [0.2, 0.25) is 11.8 Å². The monoisotopic (exact) mass is 345 g/mol. The lowest BCUT2D eigenvalue weighted by Gasteiger charge is -2.44. The van der Waals surface area contributed by atoms with E-state index >= 15 is 0 Å². The maximum Gasteiger partial charge on any atom is 0.236 e. The quantitative estimate of drug-likeness (QED) is 0.795. The molecule has 1 heterocycles. The molecule has 3 heteroatoms. The molecule has 0 aromatic heterocycles. The molecule has 1 saturated carbocycles. The molecule has 3 atom stereocenters. The number of likely N-dealkylation sites (tertiary alicyclic amines) is 1. The van der Waals surface area contributed by atoms with Gasteiger partial charge in [-0.15, -0.1) is 0 Å². The molecule has 5 rings (SSSR count). The average Bonchev–Trinajstić information content (AvgIpc) is 2.87. The van der Waals surface area contributed by atoms with E-state index in [-0.39, 0.29) is 17.7 Å². The molecule has 2 aromatic carbocycles. The second kappa shape index (κ2) is 5.80. The number of amides is 2. The van der Waals surface area contributed by atoms with Gasteiger partial charge in [-0.05, 0) is 54.7 Å². The molecule has 2 aliphatic carbocycles. The number of carbonyl (C=O) groups is 2. The Morgan fingerprint density at radius 2 is 1.73 bits per heavy atom. The van der Waals surface area contributed by atoms with E-state index in [0.29, 0.717) is 12.5 Å². The Morgan fingerprint density at radius 1 is 0.962 bits per heavy atom. The van der Waals surface area contributed by atoms with Crippen LogP contribution in [-0.4, -0.2) is 23.3 Å². The molecule has 2 aromatic rings. The molecule has 0 N–H and O–H groups in total. The van der Waals surface area contributed by atoms with Gasteiger partial charge in [-0.1, -0.05) is 54.6 Å². The Bertz CT molecular complexity index is 875. The third kappa shape index (κ3) is 2.19. The smallest absolute Gasteiger partial charge is 0.236 e. The minimum absolute atomic E-state index is 0.0729. The Labute approximate surface area is 154 Å². The summed E-state index contributed by atoms with van der Waals surface area (Å²) < 4.78 is 0. The Balaban J connectivity index is 1.45. The van der Waals surface area contributed by atoms with Gasteiger partial charge in [-0.2, -0.15) is 0 Å². The fourth-order valence-electron chi connectivity index (χ4n) is 5.55. The van der Waals surface area contributed by atoms with Gasteiger partial charge in [0.15, 0.2) is 0 Å². The number of fused-ring (bicyclic) bond motifs is 3. The fourth-order valence-corrected chi connectivity index (χ4v) is 5.55. The minimum atomic E-state index is -0.481. The van der Waals surface area contributed by atoms with Gasteiger partial charge in [0, 0.05) is 6.54 Å². The van der Waals surface area contributed by atoms with E-state index in [1.165, 1.54) is 16.7 Å². The van der Waals surface area contributed by atoms with Gasteiger partial charge in [0.05, 0.1) is 11.3 Å². The lowest BCUT2D eigenvalue weighted by Crippen LogP contribution is -2.45. The zero-order valence-corrected chi connectivity index (χ0v) is 14.9. The van der Waals surface area contributed by atoms with Crippen LogP contribution in [0.2, 0.25) is 0 Å². The predicted octanol–water partition coefficient (Wildman–Crippen LogP) is 3.72. The van der Waals surface area contributed by atoms with Crippen molar-refractivity contribution in [1.82, 2.24) is 4.90 Å². The van der Waals surface area contributed by atoms with Gasteiger partial charge in [-0.25, -0.2) is 0 Å². The van der Waals surface area contributed by atoms with Crippen LogP contribution in [0.15, 0.2) is 54.6 Å². The van der Waals surface area contributed by atoms with E-state index < -0.39 is 5.41 Å². The topological polar surface area (TPSA) is 37.4 Å². The molecule has 1 saturated heterocycles. The van der Waals surface area contributed by atoms with Crippen molar-refractivity contribution in [2.75, 3.05) is 6.54 Å². The van der Waals surface area contributed by atoms with Gasteiger partial charge in [0.1, 0.15) is 0 Å². The van der Waals surface area contributed by atoms with Gasteiger partial charge in [0.25, 0.3) is 0 Å². The molecule has 1 unspecified atom stereocenters. The van der Waals surface area contributed by atoms with Crippen molar-refractivity contribution < 1.29 is 9.59 Å². The highest BCUT2D eigenvalue weighted by Gasteiger charge is 2.62. The number of hydrogen-bond acceptors (Lipinski definition) is 2. The number of imide groups is 1. The van der Waals surface area contributed by atoms with Crippen molar-refractivity contribution in [2.45, 2.75) is 38.0 Å². The van der Waals surface area contributed by atoms with Crippen molar-refractivity contribution in [3.05, 3.63) is 71.3 Å². The normalized spacial score (nSPS) is 29.5. The average molecular weight is 345 g/mol. The molecule has 2 bridgehead atoms. The summed E-state index contributed by atoms with van der Waals surface area (Å²) in [5, 5.41) is 0. The largest absolute Gasteiger partial charge is 0.282 e. The third-order valence-corrected chi connectivity index (χ3v) is 6.78. The lowest BCUT2D eigenvalue weighted by molar-refractivity contribution is -0.141. The van der Waals surface area contributed by atoms with Crippen LogP contribution in [0.5, 0.6) is 0 Å². The number of carbonyl (C=O) groups excluding carboxylic acids is 2. The summed E-state index contributed by atoms with van der Waals surface area (Å²) in [6.07, 6.45) is 4.19. The van der Waals surface area contributed by atoms with Crippen molar-refractivity contribution in [2.24, 2.45) is 11.3 Å². The van der Waals surface area contributed by atoms with Crippen LogP contribution in [0, 0.1) is 11.3 Å². The Kier molecular flexibility index (Phi) is 3.53. The van der Waals surface area contributed by atoms with Crippen LogP contribution in [0.3, 0.4) is 0 Å². The summed E-state index contributed by atoms with van der Waals surface area (Å²) in [6, 6.07) is 18.6. The summed E-state index contributed by atoms with van der Waals surface area (Å²) in [4.78, 5) is 28.1. The lowest BCUT2D eigenvalue weighted by atomic mass is 9.56. The first-order valence-electron chi connectivity index (χ1n) is 9.66. The van der Waals surface area contributed by atoms with Crippen LogP contribution in [0.4, 0.5) is 0 Å². The van der Waals surface area contributed by atoms with Gasteiger partial charge >= 0.3 is 0 Å². The van der Waals surface area contributed by atoms with Crippen LogP contribution in [0.1, 0.15) is 41.9 Å². The second-order valence-corrected chi connectivity index (χ2v) is 8.09. The summed E-state index contributed by atoms with van der Waals surface area (Å²) in [7, 11) is 0. The first-order valence-corrected chi connectivity index (χ1v) is 9.66. The van der Waals surface area contributed by atoms with Crippen LogP contribution >= 0.6 is 0 Å². The number of rotatable bonds is 3. The molecule has 0 radical (unpaired) electrons. The summed E-state index contributed by atoms with van der Waals surface area (Å²) in [6.45, 7) is 0.506. The first kappa shape index (κ1) is 15.8. The maximum absolute atomic E-state index is 13.4. The second-order valence-electron chi connectivity index (χ2n) is 8.09. The predicted molar refractivity (Wildman–Crippen MR) is 99.5 cm³/mol. The number of benzene rings is 2. The van der Waals surface area contributed by atoms with E-state index in [4.69, 9.17) is 0 Å². The molecular weight excluding hydrogens is 322 g/mol. The minimum Gasteiger partial charge on any atom is -0.282 e. The van der Waals surface area contributed by atoms with Crippen LogP contribution < -0.4 is 0 Å². The molecule has 2 amide bonds. The zero-order valence-electron chi connectivity index (χ0n) is 14.9. The van der Waals surface area contributed by atoms with Crippen molar-refractivity contribution in [3.63, 3.8) is 0 Å². The highest BCUT2D eigenvalue weighted by molar-refractivity contribution is 6.08. The summed E-state index contributed by atoms with van der Waals surface area (Å²) in [5.41, 5.74) is 3.37. The van der Waals surface area contributed by atoms with E-state index in [9.17, 15) is 9.59 Å². The molecule has 26 heavy (non-hydrogen) atoms. The molecule has 2 fully saturated rings. The molecular formula is C23H23NO2. The standard InChI is InChI=1S/C23H23NO2/c25-21-20-11-10-18-15-23(20,14-17-8-4-5-9-19(17)18)22(26)24(21)13-12-16-6-2-1-3-7-16/h1-9,18,20H,10-15H2/t18?,20-,23-/m0/s1. The SMILES string of the molecule is O=C1[C@@H]2CCC3C[C@]2(Cc2ccccc23)C(=O)N1CCc1ccccc1. The van der Waals surface area contributed by atoms with E-state index in [1.807, 2.05) is 18.2 Å². The Hall–Kier alpha value is -2.42. The van der Waals surface area contributed by atoms with E-state index in [1.54, 1.807) is 4.90 Å². The molecule has 3 nitrogen and oxygen atoms in total. The molecule has 132 valence electrons. The molecule has 1 aliphatic heterocycles. The van der Waals surface area contributed by atoms with Crippen molar-refractivity contribution in [1.29, 1.82) is 0 Å². The fraction of sp³-hybridized carbons (Fsp3) is 0.391. The van der Waals surface area contributed by atoms with E-state index in [2.05, 4.69) is 36.4 Å². The summed E-state index contributed by atoms with van der Waals surface area (Å²) >= 11 is 0. The van der Waals surface area contributed by atoms with Gasteiger partial charge < -0.3 is 0 Å². The van der Waals surface area contributed by atoms with Crippen LogP contribution in [-0.2, 0) is 22.4 Å². The van der Waals surface area contributed by atoms with Crippen molar-refractivity contribution >= 4 is 11.8 Å². The number of hydrogen-bond donors (Lipinski definition) is 0. The highest BCUT2D eigenvalue weighted by atomic mass is 16.2. The highest BCUT2D eigenvalue weighted by Crippen LogP contribution is 2.58. The maximum atomic E-state index is 13.4. The first-order chi connectivity index (χ1) is 12.7.